The summed E-state index contributed by atoms with van der Waals surface area (Å²) in [6.45, 7) is 2.22. The Morgan fingerprint density at radius 2 is 2.11 bits per heavy atom. The predicted octanol–water partition coefficient (Wildman–Crippen LogP) is 5.37. The van der Waals surface area contributed by atoms with Crippen molar-refractivity contribution in [2.24, 2.45) is 5.92 Å². The highest BCUT2D eigenvalue weighted by Gasteiger charge is 2.38. The van der Waals surface area contributed by atoms with E-state index in [-0.39, 0.29) is 0 Å². The van der Waals surface area contributed by atoms with E-state index < -0.39 is 0 Å². The molecule has 1 fully saturated rings. The summed E-state index contributed by atoms with van der Waals surface area (Å²) in [6.07, 6.45) is 3.71. The number of aromatic nitrogens is 2. The first-order chi connectivity index (χ1) is 8.61. The van der Waals surface area contributed by atoms with E-state index in [9.17, 15) is 0 Å². The minimum atomic E-state index is 0.531. The van der Waals surface area contributed by atoms with Crippen LogP contribution in [0.2, 0.25) is 10.0 Å². The van der Waals surface area contributed by atoms with E-state index in [1.807, 2.05) is 12.1 Å². The molecule has 1 N–H and O–H groups in total. The van der Waals surface area contributed by atoms with E-state index in [1.54, 1.807) is 0 Å². The summed E-state index contributed by atoms with van der Waals surface area (Å²) in [5, 5.41) is 1.15. The zero-order valence-electron chi connectivity index (χ0n) is 10.0. The van der Waals surface area contributed by atoms with Crippen molar-refractivity contribution in [2.45, 2.75) is 32.2 Å². The Morgan fingerprint density at radius 1 is 1.39 bits per heavy atom. The molecule has 1 heterocycles. The minimum absolute atomic E-state index is 0.531. The zero-order valence-corrected chi connectivity index (χ0v) is 12.4. The van der Waals surface area contributed by atoms with Gasteiger partial charge in [-0.15, -0.1) is 0 Å². The molecule has 3 rings (SSSR count). The van der Waals surface area contributed by atoms with Crippen molar-refractivity contribution in [1.82, 2.24) is 9.55 Å². The van der Waals surface area contributed by atoms with Crippen LogP contribution in [0.3, 0.4) is 0 Å². The summed E-state index contributed by atoms with van der Waals surface area (Å²) in [7, 11) is 0. The van der Waals surface area contributed by atoms with E-state index in [0.717, 1.165) is 21.7 Å². The van der Waals surface area contributed by atoms with Gasteiger partial charge < -0.3 is 9.55 Å². The van der Waals surface area contributed by atoms with Crippen molar-refractivity contribution in [3.8, 4) is 0 Å². The average Bonchev–Trinajstić information content (AvgIpc) is 2.98. The van der Waals surface area contributed by atoms with E-state index >= 15 is 0 Å². The molecule has 1 aliphatic carbocycles. The van der Waals surface area contributed by atoms with Gasteiger partial charge in [0.2, 0.25) is 0 Å². The molecule has 1 aliphatic rings. The second kappa shape index (κ2) is 4.55. The molecule has 1 aromatic carbocycles. The number of fused-ring (bicyclic) bond motifs is 1. The van der Waals surface area contributed by atoms with E-state index in [0.29, 0.717) is 16.1 Å². The summed E-state index contributed by atoms with van der Waals surface area (Å²) < 4.78 is 2.97. The van der Waals surface area contributed by atoms with Crippen LogP contribution in [-0.2, 0) is 0 Å². The van der Waals surface area contributed by atoms with Gasteiger partial charge >= 0.3 is 0 Å². The molecule has 96 valence electrons. The molecule has 5 heteroatoms. The van der Waals surface area contributed by atoms with Gasteiger partial charge in [0.15, 0.2) is 4.77 Å². The van der Waals surface area contributed by atoms with Gasteiger partial charge in [-0.2, -0.15) is 0 Å². The maximum Gasteiger partial charge on any atom is 0.178 e. The number of rotatable bonds is 3. The molecule has 0 amide bonds. The molecule has 2 nitrogen and oxygen atoms in total. The molecule has 0 radical (unpaired) electrons. The summed E-state index contributed by atoms with van der Waals surface area (Å²) in [6, 6.07) is 4.29. The van der Waals surface area contributed by atoms with Crippen LogP contribution in [0.15, 0.2) is 12.1 Å². The van der Waals surface area contributed by atoms with Gasteiger partial charge in [0.1, 0.15) is 0 Å². The third-order valence-electron chi connectivity index (χ3n) is 3.63. The van der Waals surface area contributed by atoms with Gasteiger partial charge in [0.05, 0.1) is 21.1 Å². The summed E-state index contributed by atoms with van der Waals surface area (Å²) in [5.41, 5.74) is 2.04. The maximum absolute atomic E-state index is 6.10. The van der Waals surface area contributed by atoms with Crippen molar-refractivity contribution in [1.29, 1.82) is 0 Å². The first-order valence-corrected chi connectivity index (χ1v) is 7.37. The van der Waals surface area contributed by atoms with Crippen LogP contribution in [0.4, 0.5) is 0 Å². The van der Waals surface area contributed by atoms with Gasteiger partial charge in [-0.05, 0) is 43.1 Å². The highest BCUT2D eigenvalue weighted by molar-refractivity contribution is 7.71. The van der Waals surface area contributed by atoms with E-state index in [4.69, 9.17) is 35.4 Å². The Hall–Kier alpha value is -0.510. The fraction of sp³-hybridized carbons (Fsp3) is 0.462. The highest BCUT2D eigenvalue weighted by Crippen LogP contribution is 2.48. The number of nitrogens with zero attached hydrogens (tertiary/aromatic N) is 1. The lowest BCUT2D eigenvalue weighted by atomic mass is 10.2. The Labute approximate surface area is 121 Å². The zero-order chi connectivity index (χ0) is 12.9. The highest BCUT2D eigenvalue weighted by atomic mass is 35.5. The van der Waals surface area contributed by atoms with Crippen molar-refractivity contribution in [3.63, 3.8) is 0 Å². The number of benzene rings is 1. The monoisotopic (exact) mass is 300 g/mol. The van der Waals surface area contributed by atoms with Gasteiger partial charge in [0.25, 0.3) is 0 Å². The van der Waals surface area contributed by atoms with Gasteiger partial charge in [-0.3, -0.25) is 0 Å². The molecule has 2 aromatic rings. The Morgan fingerprint density at radius 3 is 2.83 bits per heavy atom. The van der Waals surface area contributed by atoms with E-state index in [2.05, 4.69) is 16.5 Å². The second-order valence-electron chi connectivity index (χ2n) is 4.94. The fourth-order valence-corrected chi connectivity index (χ4v) is 3.34. The first-order valence-electron chi connectivity index (χ1n) is 6.21. The molecular weight excluding hydrogens is 287 g/mol. The smallest absolute Gasteiger partial charge is 0.178 e. The molecule has 1 saturated carbocycles. The van der Waals surface area contributed by atoms with Crippen molar-refractivity contribution in [3.05, 3.63) is 26.9 Å². The first kappa shape index (κ1) is 12.5. The average molecular weight is 301 g/mol. The SMILES string of the molecule is CCCC1CC1n1c(=S)[nH]c2cc(Cl)c(Cl)cc21. The standard InChI is InChI=1S/C13H14Cl2N2S/c1-2-3-7-4-11(7)17-12-6-9(15)8(14)5-10(12)16-13(17)18/h5-7,11H,2-4H2,1H3,(H,16,18). The maximum atomic E-state index is 6.10. The quantitative estimate of drug-likeness (QED) is 0.756. The number of hydrogen-bond donors (Lipinski definition) is 1. The van der Waals surface area contributed by atoms with E-state index in [1.165, 1.54) is 19.3 Å². The molecular formula is C13H14Cl2N2S. The fourth-order valence-electron chi connectivity index (χ4n) is 2.68. The lowest BCUT2D eigenvalue weighted by Crippen LogP contribution is -1.96. The van der Waals surface area contributed by atoms with Gasteiger partial charge in [-0.25, -0.2) is 0 Å². The lowest BCUT2D eigenvalue weighted by Gasteiger charge is -2.04. The second-order valence-corrected chi connectivity index (χ2v) is 6.14. The summed E-state index contributed by atoms with van der Waals surface area (Å²) in [4.78, 5) is 3.21. The minimum Gasteiger partial charge on any atom is -0.331 e. The third-order valence-corrected chi connectivity index (χ3v) is 4.66. The number of H-pyrrole nitrogens is 1. The van der Waals surface area contributed by atoms with Crippen molar-refractivity contribution >= 4 is 46.5 Å². The largest absolute Gasteiger partial charge is 0.331 e. The Bertz CT molecular complexity index is 659. The Balaban J connectivity index is 2.10. The molecule has 0 bridgehead atoms. The normalized spacial score (nSPS) is 22.6. The summed E-state index contributed by atoms with van der Waals surface area (Å²) in [5.74, 6) is 0.759. The summed E-state index contributed by atoms with van der Waals surface area (Å²) >= 11 is 17.5. The third kappa shape index (κ3) is 1.98. The van der Waals surface area contributed by atoms with Gasteiger partial charge in [0, 0.05) is 6.04 Å². The number of nitrogens with one attached hydrogen (secondary N) is 1. The lowest BCUT2D eigenvalue weighted by molar-refractivity contribution is 0.613. The predicted molar refractivity (Wildman–Crippen MR) is 79.2 cm³/mol. The number of hydrogen-bond acceptors (Lipinski definition) is 1. The van der Waals surface area contributed by atoms with Crippen LogP contribution in [0.25, 0.3) is 11.0 Å². The molecule has 0 aliphatic heterocycles. The molecule has 2 atom stereocenters. The Kier molecular flexibility index (Phi) is 3.16. The van der Waals surface area contributed by atoms with Crippen molar-refractivity contribution < 1.29 is 0 Å². The number of imidazole rings is 1. The van der Waals surface area contributed by atoms with Crippen molar-refractivity contribution in [2.75, 3.05) is 0 Å². The number of halogens is 2. The number of aromatic amines is 1. The molecule has 2 unspecified atom stereocenters. The molecule has 0 saturated heterocycles. The molecule has 1 aromatic heterocycles. The van der Waals surface area contributed by atoms with Crippen LogP contribution in [-0.4, -0.2) is 9.55 Å². The van der Waals surface area contributed by atoms with Crippen LogP contribution < -0.4 is 0 Å². The van der Waals surface area contributed by atoms with Crippen LogP contribution >= 0.6 is 35.4 Å². The van der Waals surface area contributed by atoms with Crippen LogP contribution in [0.5, 0.6) is 0 Å². The molecule has 18 heavy (non-hydrogen) atoms. The van der Waals surface area contributed by atoms with Crippen LogP contribution in [0, 0.1) is 10.7 Å². The van der Waals surface area contributed by atoms with Gasteiger partial charge in [-0.1, -0.05) is 36.5 Å². The topological polar surface area (TPSA) is 20.7 Å². The van der Waals surface area contributed by atoms with Crippen LogP contribution in [0.1, 0.15) is 32.2 Å². The molecule has 0 spiro atoms.